The Hall–Kier alpha value is -2.04. The molecule has 1 amide bonds. The number of anilines is 1. The van der Waals surface area contributed by atoms with Gasteiger partial charge in [-0.3, -0.25) is 4.79 Å². The van der Waals surface area contributed by atoms with E-state index in [9.17, 15) is 4.79 Å². The van der Waals surface area contributed by atoms with E-state index in [1.54, 1.807) is 6.20 Å². The van der Waals surface area contributed by atoms with Gasteiger partial charge in [-0.05, 0) is 31.4 Å². The fraction of sp³-hybridized carbons (Fsp3) is 0.385. The van der Waals surface area contributed by atoms with Gasteiger partial charge in [0.25, 0.3) is 0 Å². The van der Waals surface area contributed by atoms with Crippen LogP contribution >= 0.6 is 0 Å². The summed E-state index contributed by atoms with van der Waals surface area (Å²) in [6.45, 7) is 0.785. The van der Waals surface area contributed by atoms with Crippen LogP contribution in [0.15, 0.2) is 24.5 Å². The summed E-state index contributed by atoms with van der Waals surface area (Å²) >= 11 is 0. The highest BCUT2D eigenvalue weighted by atomic mass is 16.2. The SMILES string of the molecule is O=C1NCCCC[C@@H]1Nc1ccnc2[nH]ccc12. The number of aromatic nitrogens is 2. The van der Waals surface area contributed by atoms with Gasteiger partial charge in [-0.25, -0.2) is 4.98 Å². The Bertz CT molecular complexity index is 563. The molecule has 0 spiro atoms. The first-order chi connectivity index (χ1) is 8.84. The number of carbonyl (C=O) groups excluding carboxylic acids is 1. The van der Waals surface area contributed by atoms with E-state index in [-0.39, 0.29) is 11.9 Å². The summed E-state index contributed by atoms with van der Waals surface area (Å²) in [4.78, 5) is 19.2. The minimum atomic E-state index is -0.145. The molecule has 0 aromatic carbocycles. The van der Waals surface area contributed by atoms with E-state index >= 15 is 0 Å². The predicted octanol–water partition coefficient (Wildman–Crippen LogP) is 1.64. The fourth-order valence-electron chi connectivity index (χ4n) is 2.35. The molecule has 1 aliphatic heterocycles. The molecule has 1 aliphatic rings. The molecule has 1 saturated heterocycles. The van der Waals surface area contributed by atoms with E-state index < -0.39 is 0 Å². The van der Waals surface area contributed by atoms with Crippen molar-refractivity contribution in [1.29, 1.82) is 0 Å². The zero-order valence-electron chi connectivity index (χ0n) is 10.1. The summed E-state index contributed by atoms with van der Waals surface area (Å²) in [5, 5.41) is 7.28. The molecule has 0 saturated carbocycles. The zero-order chi connectivity index (χ0) is 12.4. The van der Waals surface area contributed by atoms with Gasteiger partial charge in [0.1, 0.15) is 11.7 Å². The smallest absolute Gasteiger partial charge is 0.242 e. The molecule has 5 nitrogen and oxygen atoms in total. The van der Waals surface area contributed by atoms with E-state index in [0.717, 1.165) is 42.5 Å². The number of carbonyl (C=O) groups is 1. The van der Waals surface area contributed by atoms with Gasteiger partial charge in [-0.1, -0.05) is 0 Å². The van der Waals surface area contributed by atoms with Crippen LogP contribution in [0.3, 0.4) is 0 Å². The third-order valence-electron chi connectivity index (χ3n) is 3.33. The van der Waals surface area contributed by atoms with Gasteiger partial charge in [-0.15, -0.1) is 0 Å². The summed E-state index contributed by atoms with van der Waals surface area (Å²) in [5.74, 6) is 0.0907. The molecule has 1 atom stereocenters. The van der Waals surface area contributed by atoms with Crippen LogP contribution < -0.4 is 10.6 Å². The number of aromatic amines is 1. The monoisotopic (exact) mass is 244 g/mol. The van der Waals surface area contributed by atoms with Crippen LogP contribution in [0, 0.1) is 0 Å². The summed E-state index contributed by atoms with van der Waals surface area (Å²) in [6, 6.07) is 3.74. The number of H-pyrrole nitrogens is 1. The highest BCUT2D eigenvalue weighted by Crippen LogP contribution is 2.22. The first-order valence-electron chi connectivity index (χ1n) is 6.31. The van der Waals surface area contributed by atoms with E-state index in [1.165, 1.54) is 0 Å². The van der Waals surface area contributed by atoms with E-state index in [2.05, 4.69) is 20.6 Å². The number of nitrogens with one attached hydrogen (secondary N) is 3. The minimum Gasteiger partial charge on any atom is -0.373 e. The van der Waals surface area contributed by atoms with Crippen molar-refractivity contribution in [3.63, 3.8) is 0 Å². The lowest BCUT2D eigenvalue weighted by Gasteiger charge is -2.16. The molecular formula is C13H16N4O. The van der Waals surface area contributed by atoms with Crippen molar-refractivity contribution in [3.8, 4) is 0 Å². The summed E-state index contributed by atoms with van der Waals surface area (Å²) in [6.07, 6.45) is 6.60. The van der Waals surface area contributed by atoms with Crippen molar-refractivity contribution in [1.82, 2.24) is 15.3 Å². The Morgan fingerprint density at radius 1 is 1.33 bits per heavy atom. The summed E-state index contributed by atoms with van der Waals surface area (Å²) in [7, 11) is 0. The quantitative estimate of drug-likeness (QED) is 0.752. The zero-order valence-corrected chi connectivity index (χ0v) is 10.1. The largest absolute Gasteiger partial charge is 0.373 e. The maximum Gasteiger partial charge on any atom is 0.242 e. The third kappa shape index (κ3) is 2.03. The molecule has 0 aliphatic carbocycles. The molecule has 3 heterocycles. The summed E-state index contributed by atoms with van der Waals surface area (Å²) in [5.41, 5.74) is 1.80. The Balaban J connectivity index is 1.86. The number of nitrogens with zero attached hydrogens (tertiary/aromatic N) is 1. The molecule has 3 rings (SSSR count). The highest BCUT2D eigenvalue weighted by molar-refractivity contribution is 5.92. The second kappa shape index (κ2) is 4.68. The summed E-state index contributed by atoms with van der Waals surface area (Å²) < 4.78 is 0. The van der Waals surface area contributed by atoms with Crippen LogP contribution in [-0.4, -0.2) is 28.5 Å². The van der Waals surface area contributed by atoms with Crippen LogP contribution in [0.4, 0.5) is 5.69 Å². The van der Waals surface area contributed by atoms with E-state index in [0.29, 0.717) is 0 Å². The molecule has 1 fully saturated rings. The standard InChI is InChI=1S/C13H16N4O/c18-13-11(3-1-2-6-16-13)17-10-5-8-15-12-9(10)4-7-14-12/h4-5,7-8,11H,1-3,6H2,(H,16,18)(H2,14,15,17)/t11-/m0/s1. The minimum absolute atomic E-state index is 0.0907. The van der Waals surface area contributed by atoms with Gasteiger partial charge in [0.05, 0.1) is 0 Å². The topological polar surface area (TPSA) is 69.8 Å². The second-order valence-corrected chi connectivity index (χ2v) is 4.58. The molecule has 94 valence electrons. The first kappa shape index (κ1) is 11.1. The molecule has 0 bridgehead atoms. The maximum atomic E-state index is 11.9. The van der Waals surface area contributed by atoms with Crippen LogP contribution in [0.1, 0.15) is 19.3 Å². The molecule has 5 heteroatoms. The third-order valence-corrected chi connectivity index (χ3v) is 3.33. The number of hydrogen-bond donors (Lipinski definition) is 3. The van der Waals surface area contributed by atoms with Crippen molar-refractivity contribution in [2.75, 3.05) is 11.9 Å². The first-order valence-corrected chi connectivity index (χ1v) is 6.31. The molecule has 0 unspecified atom stereocenters. The molecule has 3 N–H and O–H groups in total. The fourth-order valence-corrected chi connectivity index (χ4v) is 2.35. The lowest BCUT2D eigenvalue weighted by atomic mass is 10.1. The van der Waals surface area contributed by atoms with Crippen LogP contribution in [0.5, 0.6) is 0 Å². The number of pyridine rings is 1. The van der Waals surface area contributed by atoms with E-state index in [4.69, 9.17) is 0 Å². The average molecular weight is 244 g/mol. The molecule has 18 heavy (non-hydrogen) atoms. The number of rotatable bonds is 2. The van der Waals surface area contributed by atoms with Gasteiger partial charge < -0.3 is 15.6 Å². The molecular weight excluding hydrogens is 228 g/mol. The number of fused-ring (bicyclic) bond motifs is 1. The predicted molar refractivity (Wildman–Crippen MR) is 70.4 cm³/mol. The van der Waals surface area contributed by atoms with Crippen LogP contribution in [-0.2, 0) is 4.79 Å². The Morgan fingerprint density at radius 3 is 3.22 bits per heavy atom. The van der Waals surface area contributed by atoms with Gasteiger partial charge in [0.15, 0.2) is 0 Å². The van der Waals surface area contributed by atoms with Crippen molar-refractivity contribution < 1.29 is 4.79 Å². The van der Waals surface area contributed by atoms with Gasteiger partial charge in [0.2, 0.25) is 5.91 Å². The van der Waals surface area contributed by atoms with Gasteiger partial charge in [0, 0.05) is 30.0 Å². The molecule has 0 radical (unpaired) electrons. The number of amides is 1. The van der Waals surface area contributed by atoms with Crippen LogP contribution in [0.25, 0.3) is 11.0 Å². The highest BCUT2D eigenvalue weighted by Gasteiger charge is 2.20. The van der Waals surface area contributed by atoms with Crippen molar-refractivity contribution in [2.24, 2.45) is 0 Å². The van der Waals surface area contributed by atoms with Crippen LogP contribution in [0.2, 0.25) is 0 Å². The lowest BCUT2D eigenvalue weighted by Crippen LogP contribution is -2.37. The van der Waals surface area contributed by atoms with Crippen molar-refractivity contribution in [3.05, 3.63) is 24.5 Å². The Kier molecular flexibility index (Phi) is 2.88. The maximum absolute atomic E-state index is 11.9. The van der Waals surface area contributed by atoms with Gasteiger partial charge in [-0.2, -0.15) is 0 Å². The molecule has 2 aromatic rings. The normalized spacial score (nSPS) is 20.4. The van der Waals surface area contributed by atoms with E-state index in [1.807, 2.05) is 18.3 Å². The average Bonchev–Trinajstić information content (AvgIpc) is 2.77. The van der Waals surface area contributed by atoms with Crippen molar-refractivity contribution >= 4 is 22.6 Å². The van der Waals surface area contributed by atoms with Gasteiger partial charge >= 0.3 is 0 Å². The lowest BCUT2D eigenvalue weighted by molar-refractivity contribution is -0.121. The Morgan fingerprint density at radius 2 is 2.28 bits per heavy atom. The van der Waals surface area contributed by atoms with Crippen molar-refractivity contribution in [2.45, 2.75) is 25.3 Å². The molecule has 2 aromatic heterocycles. The second-order valence-electron chi connectivity index (χ2n) is 4.58. The number of hydrogen-bond acceptors (Lipinski definition) is 3. The Labute approximate surface area is 105 Å².